The summed E-state index contributed by atoms with van der Waals surface area (Å²) in [6.07, 6.45) is 3.28. The molecule has 0 atom stereocenters. The summed E-state index contributed by atoms with van der Waals surface area (Å²) in [7, 11) is 0. The average Bonchev–Trinajstić information content (AvgIpc) is 2.31. The van der Waals surface area contributed by atoms with E-state index in [0.717, 1.165) is 16.6 Å². The van der Waals surface area contributed by atoms with Gasteiger partial charge in [-0.05, 0) is 28.8 Å². The van der Waals surface area contributed by atoms with E-state index in [4.69, 9.17) is 0 Å². The van der Waals surface area contributed by atoms with Gasteiger partial charge in [-0.1, -0.05) is 6.42 Å². The molecule has 0 radical (unpaired) electrons. The first-order valence-corrected chi connectivity index (χ1v) is 5.59. The number of halogens is 1. The fourth-order valence-corrected chi connectivity index (χ4v) is 2.32. The molecule has 1 aliphatic carbocycles. The lowest BCUT2D eigenvalue weighted by atomic mass is 9.81. The Kier molecular flexibility index (Phi) is 2.28. The summed E-state index contributed by atoms with van der Waals surface area (Å²) >= 11 is 4.79. The molecule has 2 rings (SSSR count). The van der Waals surface area contributed by atoms with Gasteiger partial charge in [0.25, 0.3) is 0 Å². The van der Waals surface area contributed by atoms with Gasteiger partial charge in [-0.25, -0.2) is 4.98 Å². The number of nitrogens with zero attached hydrogens (tertiary/aromatic N) is 1. The molecular formula is C8H8BrNOS. The minimum atomic E-state index is 0.217. The maximum absolute atomic E-state index is 11.6. The fraction of sp³-hybridized carbons (Fsp3) is 0.500. The molecule has 0 spiro atoms. The number of ketones is 1. The number of rotatable bonds is 2. The van der Waals surface area contributed by atoms with E-state index >= 15 is 0 Å². The highest BCUT2D eigenvalue weighted by molar-refractivity contribution is 9.11. The van der Waals surface area contributed by atoms with E-state index in [0.29, 0.717) is 5.69 Å². The Balaban J connectivity index is 2.19. The lowest BCUT2D eigenvalue weighted by Gasteiger charge is -2.22. The van der Waals surface area contributed by atoms with Crippen molar-refractivity contribution in [2.75, 3.05) is 0 Å². The topological polar surface area (TPSA) is 30.0 Å². The van der Waals surface area contributed by atoms with Crippen LogP contribution in [0.4, 0.5) is 0 Å². The van der Waals surface area contributed by atoms with Crippen LogP contribution in [0.3, 0.4) is 0 Å². The predicted molar refractivity (Wildman–Crippen MR) is 51.5 cm³/mol. The van der Waals surface area contributed by atoms with E-state index in [2.05, 4.69) is 20.9 Å². The number of carbonyl (C=O) groups is 1. The summed E-state index contributed by atoms with van der Waals surface area (Å²) in [5, 5.41) is 0. The first-order valence-electron chi connectivity index (χ1n) is 3.92. The Hall–Kier alpha value is -0.220. The maximum Gasteiger partial charge on any atom is 0.186 e. The van der Waals surface area contributed by atoms with Crippen LogP contribution in [0.25, 0.3) is 0 Å². The van der Waals surface area contributed by atoms with Crippen LogP contribution >= 0.6 is 27.3 Å². The van der Waals surface area contributed by atoms with Gasteiger partial charge in [0.2, 0.25) is 0 Å². The Labute approximate surface area is 83.1 Å². The standard InChI is InChI=1S/C8H8BrNOS/c9-8-6(10-4-12-8)7(11)5-2-1-3-5/h4-5H,1-3H2. The van der Waals surface area contributed by atoms with Gasteiger partial charge in [-0.2, -0.15) is 0 Å². The van der Waals surface area contributed by atoms with Crippen LogP contribution in [-0.4, -0.2) is 10.8 Å². The highest BCUT2D eigenvalue weighted by Gasteiger charge is 2.28. The molecule has 12 heavy (non-hydrogen) atoms. The van der Waals surface area contributed by atoms with Crippen LogP contribution in [0.1, 0.15) is 29.8 Å². The van der Waals surface area contributed by atoms with Crippen molar-refractivity contribution in [1.29, 1.82) is 0 Å². The van der Waals surface area contributed by atoms with E-state index in [1.165, 1.54) is 17.8 Å². The van der Waals surface area contributed by atoms with Gasteiger partial charge in [0.1, 0.15) is 9.48 Å². The zero-order valence-corrected chi connectivity index (χ0v) is 8.82. The molecule has 4 heteroatoms. The lowest BCUT2D eigenvalue weighted by Crippen LogP contribution is -2.22. The Morgan fingerprint density at radius 3 is 2.83 bits per heavy atom. The third kappa shape index (κ3) is 1.33. The van der Waals surface area contributed by atoms with Crippen LogP contribution in [0.15, 0.2) is 9.30 Å². The quantitative estimate of drug-likeness (QED) is 0.751. The van der Waals surface area contributed by atoms with Crippen LogP contribution in [0.5, 0.6) is 0 Å². The number of thiazole rings is 1. The van der Waals surface area contributed by atoms with Gasteiger partial charge in [0.05, 0.1) is 5.51 Å². The number of carbonyl (C=O) groups excluding carboxylic acids is 1. The second-order valence-electron chi connectivity index (χ2n) is 2.97. The largest absolute Gasteiger partial charge is 0.292 e. The van der Waals surface area contributed by atoms with Crippen molar-refractivity contribution in [3.05, 3.63) is 15.0 Å². The summed E-state index contributed by atoms with van der Waals surface area (Å²) in [5.74, 6) is 0.470. The number of hydrogen-bond donors (Lipinski definition) is 0. The minimum absolute atomic E-state index is 0.217. The van der Waals surface area contributed by atoms with Crippen molar-refractivity contribution in [1.82, 2.24) is 4.98 Å². The third-order valence-electron chi connectivity index (χ3n) is 2.23. The number of hydrogen-bond acceptors (Lipinski definition) is 3. The van der Waals surface area contributed by atoms with Crippen LogP contribution < -0.4 is 0 Å². The average molecular weight is 246 g/mol. The highest BCUT2D eigenvalue weighted by atomic mass is 79.9. The normalized spacial score (nSPS) is 17.4. The smallest absolute Gasteiger partial charge is 0.186 e. The van der Waals surface area contributed by atoms with E-state index in [-0.39, 0.29) is 11.7 Å². The van der Waals surface area contributed by atoms with Crippen molar-refractivity contribution in [2.24, 2.45) is 5.92 Å². The third-order valence-corrected chi connectivity index (χ3v) is 3.78. The highest BCUT2D eigenvalue weighted by Crippen LogP contribution is 2.32. The molecule has 0 amide bonds. The van der Waals surface area contributed by atoms with Gasteiger partial charge < -0.3 is 0 Å². The second kappa shape index (κ2) is 3.26. The molecular weight excluding hydrogens is 238 g/mol. The summed E-state index contributed by atoms with van der Waals surface area (Å²) in [4.78, 5) is 15.7. The van der Waals surface area contributed by atoms with Crippen LogP contribution in [0.2, 0.25) is 0 Å². The molecule has 2 nitrogen and oxygen atoms in total. The summed E-state index contributed by atoms with van der Waals surface area (Å²) < 4.78 is 0.874. The van der Waals surface area contributed by atoms with Crippen LogP contribution in [0, 0.1) is 5.92 Å². The molecule has 1 fully saturated rings. The zero-order chi connectivity index (χ0) is 8.55. The molecule has 0 aliphatic heterocycles. The second-order valence-corrected chi connectivity index (χ2v) is 5.14. The zero-order valence-electron chi connectivity index (χ0n) is 6.42. The lowest BCUT2D eigenvalue weighted by molar-refractivity contribution is 0.0850. The number of Topliss-reactive ketones (excluding diaryl/α,β-unsaturated/α-hetero) is 1. The van der Waals surface area contributed by atoms with Gasteiger partial charge in [0.15, 0.2) is 5.78 Å². The van der Waals surface area contributed by atoms with Crippen molar-refractivity contribution in [2.45, 2.75) is 19.3 Å². The van der Waals surface area contributed by atoms with Gasteiger partial charge in [-0.3, -0.25) is 4.79 Å². The molecule has 1 aliphatic rings. The maximum atomic E-state index is 11.6. The molecule has 64 valence electrons. The van der Waals surface area contributed by atoms with Gasteiger partial charge >= 0.3 is 0 Å². The van der Waals surface area contributed by atoms with Crippen molar-refractivity contribution < 1.29 is 4.79 Å². The van der Waals surface area contributed by atoms with E-state index < -0.39 is 0 Å². The molecule has 1 heterocycles. The molecule has 0 bridgehead atoms. The Morgan fingerprint density at radius 2 is 2.42 bits per heavy atom. The molecule has 0 unspecified atom stereocenters. The predicted octanol–water partition coefficient (Wildman–Crippen LogP) is 2.89. The molecule has 1 aromatic heterocycles. The molecule has 1 saturated carbocycles. The summed E-state index contributed by atoms with van der Waals surface area (Å²) in [6, 6.07) is 0. The van der Waals surface area contributed by atoms with E-state index in [1.54, 1.807) is 5.51 Å². The monoisotopic (exact) mass is 245 g/mol. The first-order chi connectivity index (χ1) is 5.79. The molecule has 0 N–H and O–H groups in total. The molecule has 0 aromatic carbocycles. The summed E-state index contributed by atoms with van der Waals surface area (Å²) in [5.41, 5.74) is 2.33. The first kappa shape index (κ1) is 8.38. The van der Waals surface area contributed by atoms with Gasteiger partial charge in [-0.15, -0.1) is 11.3 Å². The Morgan fingerprint density at radius 1 is 1.67 bits per heavy atom. The fourth-order valence-electron chi connectivity index (χ4n) is 1.26. The Bertz CT molecular complexity index is 306. The van der Waals surface area contributed by atoms with Gasteiger partial charge in [0, 0.05) is 5.92 Å². The van der Waals surface area contributed by atoms with E-state index in [9.17, 15) is 4.79 Å². The summed E-state index contributed by atoms with van der Waals surface area (Å²) in [6.45, 7) is 0. The SMILES string of the molecule is O=C(c1ncsc1Br)C1CCC1. The number of aromatic nitrogens is 1. The van der Waals surface area contributed by atoms with Crippen molar-refractivity contribution in [3.8, 4) is 0 Å². The van der Waals surface area contributed by atoms with E-state index in [1.807, 2.05) is 0 Å². The molecule has 0 saturated heterocycles. The van der Waals surface area contributed by atoms with Crippen LogP contribution in [-0.2, 0) is 0 Å². The van der Waals surface area contributed by atoms with Crippen molar-refractivity contribution in [3.63, 3.8) is 0 Å². The van der Waals surface area contributed by atoms with Crippen molar-refractivity contribution >= 4 is 33.0 Å². The molecule has 1 aromatic rings. The minimum Gasteiger partial charge on any atom is -0.292 e.